The number of carbonyl (C=O) groups excluding carboxylic acids is 2. The number of rotatable bonds is 5. The summed E-state index contributed by atoms with van der Waals surface area (Å²) in [4.78, 5) is 26.3. The minimum absolute atomic E-state index is 0.0951. The van der Waals surface area contributed by atoms with Crippen LogP contribution < -0.4 is 15.0 Å². The molecule has 0 spiro atoms. The summed E-state index contributed by atoms with van der Waals surface area (Å²) in [7, 11) is 1.54. The maximum absolute atomic E-state index is 12.3. The molecule has 1 N–H and O–H groups in total. The first kappa shape index (κ1) is 16.1. The van der Waals surface area contributed by atoms with Crippen LogP contribution in [0.4, 0.5) is 5.69 Å². The maximum atomic E-state index is 12.3. The topological polar surface area (TPSA) is 58.6 Å². The van der Waals surface area contributed by atoms with Crippen LogP contribution >= 0.6 is 0 Å². The van der Waals surface area contributed by atoms with Gasteiger partial charge < -0.3 is 15.0 Å². The maximum Gasteiger partial charge on any atom is 0.255 e. The molecule has 0 unspecified atom stereocenters. The summed E-state index contributed by atoms with van der Waals surface area (Å²) in [5.41, 5.74) is 1.41. The number of nitrogens with one attached hydrogen (secondary N) is 1. The van der Waals surface area contributed by atoms with Crippen LogP contribution in [0.3, 0.4) is 0 Å². The molecule has 5 heteroatoms. The SMILES string of the molecule is COc1ccccc1C(=O)NC[C@@H]1CC(=O)N(c2ccccc2)C1. The number of hydrogen-bond acceptors (Lipinski definition) is 3. The minimum Gasteiger partial charge on any atom is -0.496 e. The number of benzene rings is 2. The minimum atomic E-state index is -0.182. The second-order valence-corrected chi connectivity index (χ2v) is 5.82. The van der Waals surface area contributed by atoms with Gasteiger partial charge in [0.15, 0.2) is 0 Å². The van der Waals surface area contributed by atoms with E-state index in [4.69, 9.17) is 4.74 Å². The zero-order valence-electron chi connectivity index (χ0n) is 13.6. The third-order valence-corrected chi connectivity index (χ3v) is 4.18. The Morgan fingerprint density at radius 1 is 1.17 bits per heavy atom. The number of hydrogen-bond donors (Lipinski definition) is 1. The quantitative estimate of drug-likeness (QED) is 0.919. The Kier molecular flexibility index (Phi) is 4.79. The summed E-state index contributed by atoms with van der Waals surface area (Å²) in [5, 5.41) is 2.91. The number of carbonyl (C=O) groups is 2. The fraction of sp³-hybridized carbons (Fsp3) is 0.263. The van der Waals surface area contributed by atoms with Crippen molar-refractivity contribution in [2.45, 2.75) is 6.42 Å². The van der Waals surface area contributed by atoms with E-state index in [2.05, 4.69) is 5.32 Å². The Morgan fingerprint density at radius 2 is 1.88 bits per heavy atom. The van der Waals surface area contributed by atoms with Crippen LogP contribution in [-0.2, 0) is 4.79 Å². The normalized spacial score (nSPS) is 17.0. The molecule has 1 aliphatic heterocycles. The highest BCUT2D eigenvalue weighted by molar-refractivity contribution is 5.97. The highest BCUT2D eigenvalue weighted by atomic mass is 16.5. The molecule has 3 rings (SSSR count). The van der Waals surface area contributed by atoms with Gasteiger partial charge in [-0.05, 0) is 24.3 Å². The molecule has 0 aliphatic carbocycles. The highest BCUT2D eigenvalue weighted by Crippen LogP contribution is 2.24. The molecule has 0 radical (unpaired) electrons. The van der Waals surface area contributed by atoms with Gasteiger partial charge in [0.25, 0.3) is 5.91 Å². The van der Waals surface area contributed by atoms with Crippen molar-refractivity contribution in [1.82, 2.24) is 5.32 Å². The van der Waals surface area contributed by atoms with E-state index in [-0.39, 0.29) is 17.7 Å². The van der Waals surface area contributed by atoms with Gasteiger partial charge in [0.1, 0.15) is 5.75 Å². The van der Waals surface area contributed by atoms with Crippen molar-refractivity contribution in [3.63, 3.8) is 0 Å². The van der Waals surface area contributed by atoms with E-state index in [0.29, 0.717) is 30.8 Å². The number of ether oxygens (including phenoxy) is 1. The van der Waals surface area contributed by atoms with E-state index in [0.717, 1.165) is 5.69 Å². The van der Waals surface area contributed by atoms with Gasteiger partial charge in [0, 0.05) is 31.1 Å². The zero-order valence-corrected chi connectivity index (χ0v) is 13.6. The predicted molar refractivity (Wildman–Crippen MR) is 92.2 cm³/mol. The number of para-hydroxylation sites is 2. The lowest BCUT2D eigenvalue weighted by Gasteiger charge is -2.17. The first-order valence-electron chi connectivity index (χ1n) is 7.95. The highest BCUT2D eigenvalue weighted by Gasteiger charge is 2.30. The van der Waals surface area contributed by atoms with E-state index in [1.165, 1.54) is 0 Å². The van der Waals surface area contributed by atoms with Crippen molar-refractivity contribution in [2.24, 2.45) is 5.92 Å². The lowest BCUT2D eigenvalue weighted by atomic mass is 10.1. The molecule has 0 aromatic heterocycles. The van der Waals surface area contributed by atoms with Crippen molar-refractivity contribution in [2.75, 3.05) is 25.1 Å². The fourth-order valence-corrected chi connectivity index (χ4v) is 2.94. The van der Waals surface area contributed by atoms with E-state index < -0.39 is 0 Å². The molecule has 2 amide bonds. The molecule has 1 aliphatic rings. The predicted octanol–water partition coefficient (Wildman–Crippen LogP) is 2.48. The van der Waals surface area contributed by atoms with Crippen molar-refractivity contribution in [3.05, 3.63) is 60.2 Å². The van der Waals surface area contributed by atoms with Crippen LogP contribution in [0, 0.1) is 5.92 Å². The van der Waals surface area contributed by atoms with E-state index >= 15 is 0 Å². The van der Waals surface area contributed by atoms with Crippen molar-refractivity contribution >= 4 is 17.5 Å². The molecule has 124 valence electrons. The summed E-state index contributed by atoms with van der Waals surface area (Å²) in [6.07, 6.45) is 0.446. The summed E-state index contributed by atoms with van der Waals surface area (Å²) in [5.74, 6) is 0.565. The van der Waals surface area contributed by atoms with Gasteiger partial charge in [0.05, 0.1) is 12.7 Å². The molecule has 2 aromatic rings. The molecular formula is C19H20N2O3. The molecular weight excluding hydrogens is 304 g/mol. The molecule has 1 heterocycles. The van der Waals surface area contributed by atoms with Crippen molar-refractivity contribution in [3.8, 4) is 5.75 Å². The van der Waals surface area contributed by atoms with Crippen LogP contribution in [-0.4, -0.2) is 32.0 Å². The van der Waals surface area contributed by atoms with E-state index in [1.54, 1.807) is 30.2 Å². The number of amides is 2. The molecule has 24 heavy (non-hydrogen) atoms. The van der Waals surface area contributed by atoms with Gasteiger partial charge in [-0.2, -0.15) is 0 Å². The largest absolute Gasteiger partial charge is 0.496 e. The first-order valence-corrected chi connectivity index (χ1v) is 7.95. The second kappa shape index (κ2) is 7.17. The van der Waals surface area contributed by atoms with Crippen LogP contribution in [0.5, 0.6) is 5.75 Å². The standard InChI is InChI=1S/C19H20N2O3/c1-24-17-10-6-5-9-16(17)19(23)20-12-14-11-18(22)21(13-14)15-7-3-2-4-8-15/h2-10,14H,11-13H2,1H3,(H,20,23)/t14-/m0/s1. The smallest absolute Gasteiger partial charge is 0.255 e. The monoisotopic (exact) mass is 324 g/mol. The molecule has 0 bridgehead atoms. The summed E-state index contributed by atoms with van der Waals surface area (Å²) >= 11 is 0. The fourth-order valence-electron chi connectivity index (χ4n) is 2.94. The Labute approximate surface area is 141 Å². The summed E-state index contributed by atoms with van der Waals surface area (Å²) < 4.78 is 5.21. The van der Waals surface area contributed by atoms with Gasteiger partial charge >= 0.3 is 0 Å². The number of methoxy groups -OCH3 is 1. The molecule has 2 aromatic carbocycles. The van der Waals surface area contributed by atoms with Gasteiger partial charge in [-0.25, -0.2) is 0 Å². The number of nitrogens with zero attached hydrogens (tertiary/aromatic N) is 1. The molecule has 0 saturated carbocycles. The second-order valence-electron chi connectivity index (χ2n) is 5.82. The third kappa shape index (κ3) is 3.40. The van der Waals surface area contributed by atoms with Crippen molar-refractivity contribution in [1.29, 1.82) is 0 Å². The van der Waals surface area contributed by atoms with Crippen LogP contribution in [0.1, 0.15) is 16.8 Å². The summed E-state index contributed by atoms with van der Waals surface area (Å²) in [6, 6.07) is 16.7. The number of anilines is 1. The van der Waals surface area contributed by atoms with Gasteiger partial charge in [-0.15, -0.1) is 0 Å². The zero-order chi connectivity index (χ0) is 16.9. The molecule has 5 nitrogen and oxygen atoms in total. The van der Waals surface area contributed by atoms with E-state index in [1.807, 2.05) is 36.4 Å². The van der Waals surface area contributed by atoms with Crippen LogP contribution in [0.15, 0.2) is 54.6 Å². The van der Waals surface area contributed by atoms with Gasteiger partial charge in [-0.3, -0.25) is 9.59 Å². The Balaban J connectivity index is 1.60. The average molecular weight is 324 g/mol. The van der Waals surface area contributed by atoms with Gasteiger partial charge in [-0.1, -0.05) is 30.3 Å². The molecule has 1 fully saturated rings. The Bertz CT molecular complexity index is 730. The Hall–Kier alpha value is -2.82. The molecule has 1 saturated heterocycles. The van der Waals surface area contributed by atoms with Crippen LogP contribution in [0.2, 0.25) is 0 Å². The molecule has 1 atom stereocenters. The average Bonchev–Trinajstić information content (AvgIpc) is 3.01. The Morgan fingerprint density at radius 3 is 2.62 bits per heavy atom. The first-order chi connectivity index (χ1) is 11.7. The lowest BCUT2D eigenvalue weighted by Crippen LogP contribution is -2.31. The third-order valence-electron chi connectivity index (χ3n) is 4.18. The van der Waals surface area contributed by atoms with Crippen LogP contribution in [0.25, 0.3) is 0 Å². The van der Waals surface area contributed by atoms with Crippen molar-refractivity contribution < 1.29 is 14.3 Å². The lowest BCUT2D eigenvalue weighted by molar-refractivity contribution is -0.117. The van der Waals surface area contributed by atoms with E-state index in [9.17, 15) is 9.59 Å². The van der Waals surface area contributed by atoms with Gasteiger partial charge in [0.2, 0.25) is 5.91 Å². The summed E-state index contributed by atoms with van der Waals surface area (Å²) in [6.45, 7) is 1.08.